The van der Waals surface area contributed by atoms with Gasteiger partial charge in [0.25, 0.3) is 0 Å². The Morgan fingerprint density at radius 1 is 1.32 bits per heavy atom. The van der Waals surface area contributed by atoms with Gasteiger partial charge in [-0.1, -0.05) is 26.2 Å². The van der Waals surface area contributed by atoms with Crippen LogP contribution in [0.5, 0.6) is 0 Å². The quantitative estimate of drug-likeness (QED) is 0.191. The average Bonchev–Trinajstić information content (AvgIpc) is 3.00. The fraction of sp³-hybridized carbons (Fsp3) is 0.778. The summed E-state index contributed by atoms with van der Waals surface area (Å²) in [6.07, 6.45) is 1.46. The minimum absolute atomic E-state index is 0. The summed E-state index contributed by atoms with van der Waals surface area (Å²) in [6.45, 7) is 6.44. The van der Waals surface area contributed by atoms with Gasteiger partial charge in [-0.25, -0.2) is 4.98 Å². The summed E-state index contributed by atoms with van der Waals surface area (Å²) >= 11 is 0. The number of nitrogens with one attached hydrogen (secondary N) is 2. The van der Waals surface area contributed by atoms with Crippen LogP contribution >= 0.6 is 24.0 Å². The van der Waals surface area contributed by atoms with Gasteiger partial charge in [0.1, 0.15) is 5.82 Å². The molecular weight excluding hydrogens is 486 g/mol. The number of aromatic nitrogens is 2. The SMILES string of the molecule is CCCCCC(C)NC(=NCCC(O)(c1nccn1C)C(F)(F)F)NCC.I. The third kappa shape index (κ3) is 7.76. The second-order valence-electron chi connectivity index (χ2n) is 6.77. The monoisotopic (exact) mass is 519 g/mol. The first-order chi connectivity index (χ1) is 12.7. The van der Waals surface area contributed by atoms with Crippen LogP contribution in [0, 0.1) is 0 Å². The molecule has 0 radical (unpaired) electrons. The molecule has 0 aliphatic rings. The van der Waals surface area contributed by atoms with E-state index < -0.39 is 24.0 Å². The summed E-state index contributed by atoms with van der Waals surface area (Å²) in [5.41, 5.74) is -3.04. The van der Waals surface area contributed by atoms with Crippen molar-refractivity contribution in [2.45, 2.75) is 70.7 Å². The van der Waals surface area contributed by atoms with Gasteiger partial charge in [-0.15, -0.1) is 24.0 Å². The second-order valence-corrected chi connectivity index (χ2v) is 6.77. The van der Waals surface area contributed by atoms with Gasteiger partial charge in [-0.05, 0) is 20.3 Å². The minimum atomic E-state index is -4.85. The molecule has 0 saturated carbocycles. The molecule has 1 rings (SSSR count). The molecule has 0 saturated heterocycles. The molecule has 2 unspecified atom stereocenters. The number of hydrogen-bond acceptors (Lipinski definition) is 3. The van der Waals surface area contributed by atoms with E-state index in [1.165, 1.54) is 24.0 Å². The Labute approximate surface area is 182 Å². The number of unbranched alkanes of at least 4 members (excludes halogenated alkanes) is 2. The lowest BCUT2D eigenvalue weighted by Gasteiger charge is -2.29. The number of alkyl halides is 3. The van der Waals surface area contributed by atoms with E-state index in [-0.39, 0.29) is 36.6 Å². The number of halogens is 4. The van der Waals surface area contributed by atoms with Crippen LogP contribution in [0.4, 0.5) is 13.2 Å². The molecule has 1 heterocycles. The first-order valence-corrected chi connectivity index (χ1v) is 9.47. The molecule has 2 atom stereocenters. The van der Waals surface area contributed by atoms with Gasteiger partial charge in [0.15, 0.2) is 5.96 Å². The van der Waals surface area contributed by atoms with Crippen LogP contribution in [-0.2, 0) is 12.6 Å². The van der Waals surface area contributed by atoms with E-state index in [0.717, 1.165) is 25.7 Å². The predicted molar refractivity (Wildman–Crippen MR) is 116 cm³/mol. The molecule has 0 spiro atoms. The highest BCUT2D eigenvalue weighted by Crippen LogP contribution is 2.40. The van der Waals surface area contributed by atoms with E-state index in [9.17, 15) is 18.3 Å². The van der Waals surface area contributed by atoms with Crippen LogP contribution in [0.2, 0.25) is 0 Å². The summed E-state index contributed by atoms with van der Waals surface area (Å²) in [5, 5.41) is 16.6. The number of imidazole rings is 1. The van der Waals surface area contributed by atoms with Crippen molar-refractivity contribution < 1.29 is 18.3 Å². The molecule has 0 fully saturated rings. The second kappa shape index (κ2) is 12.5. The number of nitrogens with zero attached hydrogens (tertiary/aromatic N) is 3. The number of guanidine groups is 1. The van der Waals surface area contributed by atoms with Crippen molar-refractivity contribution >= 4 is 29.9 Å². The van der Waals surface area contributed by atoms with E-state index in [1.54, 1.807) is 0 Å². The zero-order valence-electron chi connectivity index (χ0n) is 17.0. The summed E-state index contributed by atoms with van der Waals surface area (Å²) < 4.78 is 41.7. The Morgan fingerprint density at radius 2 is 2.00 bits per heavy atom. The first-order valence-electron chi connectivity index (χ1n) is 9.47. The molecule has 10 heteroatoms. The molecule has 0 aliphatic heterocycles. The standard InChI is InChI=1S/C18H32F3N5O.HI/c1-5-7-8-9-14(3)25-16(22-6-2)24-11-10-17(27,18(19,20)21)15-23-12-13-26(15)4;/h12-14,27H,5-11H2,1-4H3,(H2,22,24,25);1H. The molecule has 1 aromatic heterocycles. The fourth-order valence-corrected chi connectivity index (χ4v) is 2.80. The van der Waals surface area contributed by atoms with Gasteiger partial charge >= 0.3 is 6.18 Å². The highest BCUT2D eigenvalue weighted by Gasteiger charge is 2.57. The summed E-state index contributed by atoms with van der Waals surface area (Å²) in [4.78, 5) is 7.91. The maximum Gasteiger partial charge on any atom is 0.424 e. The Kier molecular flexibility index (Phi) is 12.0. The summed E-state index contributed by atoms with van der Waals surface area (Å²) in [5.74, 6) is 0.0157. The highest BCUT2D eigenvalue weighted by molar-refractivity contribution is 14.0. The first kappa shape index (κ1) is 27.0. The van der Waals surface area contributed by atoms with Crippen LogP contribution in [0.3, 0.4) is 0 Å². The van der Waals surface area contributed by atoms with Crippen molar-refractivity contribution in [3.05, 3.63) is 18.2 Å². The lowest BCUT2D eigenvalue weighted by molar-refractivity contribution is -0.272. The molecule has 164 valence electrons. The average molecular weight is 519 g/mol. The molecule has 28 heavy (non-hydrogen) atoms. The molecule has 0 bridgehead atoms. The van der Waals surface area contributed by atoms with Crippen molar-refractivity contribution in [1.82, 2.24) is 20.2 Å². The Hall–Kier alpha value is -1.04. The zero-order valence-corrected chi connectivity index (χ0v) is 19.3. The lowest BCUT2D eigenvalue weighted by atomic mass is 9.98. The Balaban J connectivity index is 0.00000729. The third-order valence-corrected chi connectivity index (χ3v) is 4.37. The molecule has 1 aromatic rings. The molecular formula is C18H33F3IN5O. The van der Waals surface area contributed by atoms with Gasteiger partial charge in [0.05, 0.1) is 0 Å². The van der Waals surface area contributed by atoms with Gasteiger partial charge < -0.3 is 20.3 Å². The van der Waals surface area contributed by atoms with Crippen LogP contribution in [0.25, 0.3) is 0 Å². The van der Waals surface area contributed by atoms with E-state index in [4.69, 9.17) is 0 Å². The molecule has 3 N–H and O–H groups in total. The van der Waals surface area contributed by atoms with Crippen LogP contribution in [0.1, 0.15) is 58.7 Å². The van der Waals surface area contributed by atoms with Gasteiger partial charge in [0, 0.05) is 45.0 Å². The van der Waals surface area contributed by atoms with Crippen LogP contribution in [0.15, 0.2) is 17.4 Å². The Bertz CT molecular complexity index is 594. The van der Waals surface area contributed by atoms with E-state index in [2.05, 4.69) is 27.5 Å². The zero-order chi connectivity index (χ0) is 20.5. The smallest absolute Gasteiger partial charge is 0.374 e. The number of aryl methyl sites for hydroxylation is 1. The topological polar surface area (TPSA) is 74.5 Å². The summed E-state index contributed by atoms with van der Waals surface area (Å²) in [6, 6.07) is 0.158. The van der Waals surface area contributed by atoms with E-state index in [1.807, 2.05) is 13.8 Å². The minimum Gasteiger partial charge on any atom is -0.374 e. The predicted octanol–water partition coefficient (Wildman–Crippen LogP) is 3.70. The van der Waals surface area contributed by atoms with Gasteiger partial charge in [-0.3, -0.25) is 4.99 Å². The fourth-order valence-electron chi connectivity index (χ4n) is 2.80. The normalized spacial score (nSPS) is 15.5. The van der Waals surface area contributed by atoms with Crippen molar-refractivity contribution in [3.8, 4) is 0 Å². The van der Waals surface area contributed by atoms with E-state index >= 15 is 0 Å². The van der Waals surface area contributed by atoms with Gasteiger partial charge in [0.2, 0.25) is 5.60 Å². The van der Waals surface area contributed by atoms with Crippen molar-refractivity contribution in [2.75, 3.05) is 13.1 Å². The molecule has 0 aromatic carbocycles. The van der Waals surface area contributed by atoms with Crippen LogP contribution < -0.4 is 10.6 Å². The molecule has 0 amide bonds. The number of rotatable bonds is 10. The van der Waals surface area contributed by atoms with Crippen LogP contribution in [-0.4, -0.2) is 45.9 Å². The number of aliphatic hydroxyl groups is 1. The highest BCUT2D eigenvalue weighted by atomic mass is 127. The maximum absolute atomic E-state index is 13.5. The number of hydrogen-bond donors (Lipinski definition) is 3. The lowest BCUT2D eigenvalue weighted by Crippen LogP contribution is -2.46. The number of aliphatic imine (C=N–C) groups is 1. The van der Waals surface area contributed by atoms with Crippen molar-refractivity contribution in [2.24, 2.45) is 12.0 Å². The summed E-state index contributed by atoms with van der Waals surface area (Å²) in [7, 11) is 1.42. The molecule has 0 aliphatic carbocycles. The van der Waals surface area contributed by atoms with Crippen molar-refractivity contribution in [3.63, 3.8) is 0 Å². The largest absolute Gasteiger partial charge is 0.424 e. The van der Waals surface area contributed by atoms with Gasteiger partial charge in [-0.2, -0.15) is 13.2 Å². The third-order valence-electron chi connectivity index (χ3n) is 4.37. The van der Waals surface area contributed by atoms with E-state index in [0.29, 0.717) is 12.5 Å². The van der Waals surface area contributed by atoms with Crippen molar-refractivity contribution in [1.29, 1.82) is 0 Å². The maximum atomic E-state index is 13.5. The Morgan fingerprint density at radius 3 is 2.50 bits per heavy atom. The molecule has 6 nitrogen and oxygen atoms in total.